The second-order valence-corrected chi connectivity index (χ2v) is 6.01. The van der Waals surface area contributed by atoms with Crippen molar-refractivity contribution in [1.29, 1.82) is 0 Å². The molecule has 5 heteroatoms. The Hall–Kier alpha value is -1.56. The minimum absolute atomic E-state index is 0.191. The first-order chi connectivity index (χ1) is 11.3. The summed E-state index contributed by atoms with van der Waals surface area (Å²) in [6.45, 7) is 8.08. The smallest absolute Gasteiger partial charge is 0.176 e. The van der Waals surface area contributed by atoms with Crippen molar-refractivity contribution in [1.82, 2.24) is 10.2 Å². The molecule has 1 atom stereocenters. The van der Waals surface area contributed by atoms with Crippen molar-refractivity contribution in [3.63, 3.8) is 0 Å². The monoisotopic (exact) mass is 318 g/mol. The predicted octanol–water partition coefficient (Wildman–Crippen LogP) is 2.81. The lowest BCUT2D eigenvalue weighted by molar-refractivity contribution is 0.0374. The number of rotatable bonds is 7. The molecular formula is C18H26N2O3. The SMILES string of the molecule is COc1cccc2cc([C@H](C)NCCCN3CCOCC3)oc12. The maximum Gasteiger partial charge on any atom is 0.176 e. The maximum atomic E-state index is 5.98. The first-order valence-electron chi connectivity index (χ1n) is 8.38. The molecule has 0 amide bonds. The van der Waals surface area contributed by atoms with Crippen molar-refractivity contribution in [2.24, 2.45) is 0 Å². The van der Waals surface area contributed by atoms with Gasteiger partial charge in [0.25, 0.3) is 0 Å². The van der Waals surface area contributed by atoms with Gasteiger partial charge < -0.3 is 19.2 Å². The minimum atomic E-state index is 0.191. The normalized spacial score (nSPS) is 17.5. The van der Waals surface area contributed by atoms with Gasteiger partial charge in [0.15, 0.2) is 11.3 Å². The van der Waals surface area contributed by atoms with Crippen molar-refractivity contribution in [2.75, 3.05) is 46.5 Å². The summed E-state index contributed by atoms with van der Waals surface area (Å²) in [5.41, 5.74) is 0.826. The number of nitrogens with zero attached hydrogens (tertiary/aromatic N) is 1. The van der Waals surface area contributed by atoms with Crippen molar-refractivity contribution in [3.8, 4) is 5.75 Å². The molecule has 0 radical (unpaired) electrons. The van der Waals surface area contributed by atoms with Gasteiger partial charge in [-0.25, -0.2) is 0 Å². The number of para-hydroxylation sites is 1. The molecule has 0 spiro atoms. The second-order valence-electron chi connectivity index (χ2n) is 6.01. The van der Waals surface area contributed by atoms with Crippen LogP contribution in [0, 0.1) is 0 Å². The number of fused-ring (bicyclic) bond motifs is 1. The number of morpholine rings is 1. The van der Waals surface area contributed by atoms with Crippen LogP contribution in [0.1, 0.15) is 25.1 Å². The Labute approximate surface area is 137 Å². The lowest BCUT2D eigenvalue weighted by Crippen LogP contribution is -2.37. The van der Waals surface area contributed by atoms with E-state index < -0.39 is 0 Å². The van der Waals surface area contributed by atoms with Crippen LogP contribution in [0.25, 0.3) is 11.0 Å². The zero-order valence-electron chi connectivity index (χ0n) is 14.0. The van der Waals surface area contributed by atoms with Gasteiger partial charge in [0.05, 0.1) is 26.4 Å². The Morgan fingerprint density at radius 2 is 2.13 bits per heavy atom. The summed E-state index contributed by atoms with van der Waals surface area (Å²) in [5, 5.41) is 4.63. The Bertz CT molecular complexity index is 620. The molecule has 5 nitrogen and oxygen atoms in total. The van der Waals surface area contributed by atoms with Crippen LogP contribution in [0.3, 0.4) is 0 Å². The van der Waals surface area contributed by atoms with Gasteiger partial charge in [0.2, 0.25) is 0 Å². The Kier molecular flexibility index (Phi) is 5.54. The zero-order valence-corrected chi connectivity index (χ0v) is 14.0. The summed E-state index contributed by atoms with van der Waals surface area (Å²) in [6.07, 6.45) is 1.13. The summed E-state index contributed by atoms with van der Waals surface area (Å²) in [7, 11) is 1.67. The van der Waals surface area contributed by atoms with Crippen LogP contribution < -0.4 is 10.1 Å². The molecule has 1 N–H and O–H groups in total. The van der Waals surface area contributed by atoms with Crippen molar-refractivity contribution < 1.29 is 13.9 Å². The van der Waals surface area contributed by atoms with Crippen LogP contribution in [-0.4, -0.2) is 51.4 Å². The molecule has 0 saturated carbocycles. The van der Waals surface area contributed by atoms with Crippen LogP contribution in [-0.2, 0) is 4.74 Å². The molecule has 3 rings (SSSR count). The van der Waals surface area contributed by atoms with E-state index in [0.29, 0.717) is 0 Å². The third kappa shape index (κ3) is 4.05. The molecule has 2 heterocycles. The van der Waals surface area contributed by atoms with Gasteiger partial charge in [-0.05, 0) is 38.6 Å². The molecule has 1 aromatic heterocycles. The molecule has 0 aliphatic carbocycles. The van der Waals surface area contributed by atoms with Gasteiger partial charge in [-0.1, -0.05) is 12.1 Å². The molecule has 1 aliphatic heterocycles. The zero-order chi connectivity index (χ0) is 16.1. The van der Waals surface area contributed by atoms with E-state index in [-0.39, 0.29) is 6.04 Å². The van der Waals surface area contributed by atoms with Gasteiger partial charge in [-0.15, -0.1) is 0 Å². The van der Waals surface area contributed by atoms with Crippen LogP contribution in [0.5, 0.6) is 5.75 Å². The average Bonchev–Trinajstić information content (AvgIpc) is 3.03. The molecule has 0 bridgehead atoms. The molecule has 2 aromatic rings. The van der Waals surface area contributed by atoms with E-state index in [1.807, 2.05) is 12.1 Å². The third-order valence-electron chi connectivity index (χ3n) is 4.38. The van der Waals surface area contributed by atoms with E-state index in [9.17, 15) is 0 Å². The summed E-state index contributed by atoms with van der Waals surface area (Å²) in [6, 6.07) is 8.25. The number of benzene rings is 1. The summed E-state index contributed by atoms with van der Waals surface area (Å²) < 4.78 is 16.7. The molecule has 1 aliphatic rings. The summed E-state index contributed by atoms with van der Waals surface area (Å²) >= 11 is 0. The fourth-order valence-electron chi connectivity index (χ4n) is 2.98. The standard InChI is InChI=1S/C18H26N2O3/c1-14(19-7-4-8-20-9-11-22-12-10-20)17-13-15-5-3-6-16(21-2)18(15)23-17/h3,5-6,13-14,19H,4,7-12H2,1-2H3/t14-/m0/s1. The predicted molar refractivity (Wildman–Crippen MR) is 91.1 cm³/mol. The number of hydrogen-bond acceptors (Lipinski definition) is 5. The van der Waals surface area contributed by atoms with Crippen molar-refractivity contribution >= 4 is 11.0 Å². The number of hydrogen-bond donors (Lipinski definition) is 1. The Morgan fingerprint density at radius 3 is 2.91 bits per heavy atom. The van der Waals surface area contributed by atoms with E-state index in [4.69, 9.17) is 13.9 Å². The van der Waals surface area contributed by atoms with Crippen LogP contribution >= 0.6 is 0 Å². The lowest BCUT2D eigenvalue weighted by Gasteiger charge is -2.26. The van der Waals surface area contributed by atoms with Gasteiger partial charge >= 0.3 is 0 Å². The Balaban J connectivity index is 1.50. The van der Waals surface area contributed by atoms with E-state index in [0.717, 1.165) is 68.3 Å². The first kappa shape index (κ1) is 16.3. The number of methoxy groups -OCH3 is 1. The largest absolute Gasteiger partial charge is 0.493 e. The van der Waals surface area contributed by atoms with E-state index in [2.05, 4.69) is 29.3 Å². The highest BCUT2D eigenvalue weighted by Crippen LogP contribution is 2.30. The summed E-state index contributed by atoms with van der Waals surface area (Å²) in [5.74, 6) is 1.74. The fraction of sp³-hybridized carbons (Fsp3) is 0.556. The van der Waals surface area contributed by atoms with E-state index >= 15 is 0 Å². The molecule has 1 fully saturated rings. The number of ether oxygens (including phenoxy) is 2. The van der Waals surface area contributed by atoms with Crippen LogP contribution in [0.4, 0.5) is 0 Å². The van der Waals surface area contributed by atoms with Crippen molar-refractivity contribution in [3.05, 3.63) is 30.0 Å². The van der Waals surface area contributed by atoms with Crippen molar-refractivity contribution in [2.45, 2.75) is 19.4 Å². The topological polar surface area (TPSA) is 46.9 Å². The summed E-state index contributed by atoms with van der Waals surface area (Å²) in [4.78, 5) is 2.46. The number of furan rings is 1. The van der Waals surface area contributed by atoms with Gasteiger partial charge in [0.1, 0.15) is 5.76 Å². The van der Waals surface area contributed by atoms with E-state index in [1.165, 1.54) is 0 Å². The fourth-order valence-corrected chi connectivity index (χ4v) is 2.98. The molecular weight excluding hydrogens is 292 g/mol. The quantitative estimate of drug-likeness (QED) is 0.796. The molecule has 1 aromatic carbocycles. The minimum Gasteiger partial charge on any atom is -0.493 e. The Morgan fingerprint density at radius 1 is 1.30 bits per heavy atom. The van der Waals surface area contributed by atoms with Gasteiger partial charge in [0, 0.05) is 18.5 Å². The molecule has 23 heavy (non-hydrogen) atoms. The second kappa shape index (κ2) is 7.81. The first-order valence-corrected chi connectivity index (χ1v) is 8.38. The third-order valence-corrected chi connectivity index (χ3v) is 4.38. The van der Waals surface area contributed by atoms with Gasteiger partial charge in [-0.2, -0.15) is 0 Å². The molecule has 1 saturated heterocycles. The number of nitrogens with one attached hydrogen (secondary N) is 1. The maximum absolute atomic E-state index is 5.98. The van der Waals surface area contributed by atoms with E-state index in [1.54, 1.807) is 7.11 Å². The molecule has 0 unspecified atom stereocenters. The highest BCUT2D eigenvalue weighted by atomic mass is 16.5. The van der Waals surface area contributed by atoms with Crippen LogP contribution in [0.2, 0.25) is 0 Å². The average molecular weight is 318 g/mol. The molecule has 126 valence electrons. The van der Waals surface area contributed by atoms with Gasteiger partial charge in [-0.3, -0.25) is 4.90 Å². The van der Waals surface area contributed by atoms with Crippen LogP contribution in [0.15, 0.2) is 28.7 Å². The lowest BCUT2D eigenvalue weighted by atomic mass is 10.2. The highest BCUT2D eigenvalue weighted by molar-refractivity contribution is 5.83. The highest BCUT2D eigenvalue weighted by Gasteiger charge is 2.14.